The Balaban J connectivity index is 2.03. The molecule has 0 atom stereocenters. The molecule has 0 saturated heterocycles. The molecular formula is C15H11Cl2N3OS. The van der Waals surface area contributed by atoms with E-state index in [1.165, 1.54) is 11.5 Å². The van der Waals surface area contributed by atoms with Gasteiger partial charge in [-0.25, -0.2) is 9.79 Å². The predicted molar refractivity (Wildman–Crippen MR) is 90.2 cm³/mol. The summed E-state index contributed by atoms with van der Waals surface area (Å²) in [6.07, 6.45) is 0. The highest BCUT2D eigenvalue weighted by molar-refractivity contribution is 7.02. The Kier molecular flexibility index (Phi) is 4.47. The molecule has 0 amide bonds. The molecule has 3 aromatic rings. The van der Waals surface area contributed by atoms with E-state index in [0.29, 0.717) is 27.1 Å². The van der Waals surface area contributed by atoms with Crippen LogP contribution in [0.5, 0.6) is 0 Å². The van der Waals surface area contributed by atoms with Gasteiger partial charge in [-0.3, -0.25) is 8.94 Å². The minimum absolute atomic E-state index is 0.187. The lowest BCUT2D eigenvalue weighted by molar-refractivity contribution is 0.727. The topological polar surface area (TPSA) is 50.1 Å². The second-order valence-corrected chi connectivity index (χ2v) is 6.16. The highest BCUT2D eigenvalue weighted by Gasteiger charge is 2.04. The number of aromatic amines is 1. The van der Waals surface area contributed by atoms with Crippen molar-refractivity contribution >= 4 is 40.4 Å². The molecule has 1 N–H and O–H groups in total. The van der Waals surface area contributed by atoms with Crippen molar-refractivity contribution in [1.29, 1.82) is 0 Å². The summed E-state index contributed by atoms with van der Waals surface area (Å²) in [5.41, 5.74) is 1.49. The average Bonchev–Trinajstić information content (AvgIpc) is 2.85. The van der Waals surface area contributed by atoms with Crippen molar-refractivity contribution in [3.05, 3.63) is 79.4 Å². The van der Waals surface area contributed by atoms with E-state index in [2.05, 4.69) is 9.37 Å². The molecule has 0 unspecified atom stereocenters. The number of benzene rings is 2. The van der Waals surface area contributed by atoms with E-state index in [1.807, 2.05) is 30.3 Å². The van der Waals surface area contributed by atoms with Gasteiger partial charge in [0.2, 0.25) is 4.80 Å². The van der Waals surface area contributed by atoms with Crippen molar-refractivity contribution in [2.75, 3.05) is 0 Å². The van der Waals surface area contributed by atoms with Crippen molar-refractivity contribution in [1.82, 2.24) is 8.94 Å². The average molecular weight is 352 g/mol. The van der Waals surface area contributed by atoms with Gasteiger partial charge in [0.25, 0.3) is 0 Å². The second kappa shape index (κ2) is 6.52. The third-order valence-corrected chi connectivity index (χ3v) is 4.53. The largest absolute Gasteiger partial charge is 0.337 e. The van der Waals surface area contributed by atoms with Gasteiger partial charge >= 0.3 is 5.69 Å². The quantitative estimate of drug-likeness (QED) is 0.765. The maximum absolute atomic E-state index is 12.0. The van der Waals surface area contributed by atoms with Gasteiger partial charge in [-0.05, 0) is 35.3 Å². The summed E-state index contributed by atoms with van der Waals surface area (Å²) in [7, 11) is 0. The van der Waals surface area contributed by atoms with Gasteiger partial charge in [-0.1, -0.05) is 53.5 Å². The zero-order valence-corrected chi connectivity index (χ0v) is 13.6. The Labute approximate surface area is 140 Å². The molecule has 7 heteroatoms. The van der Waals surface area contributed by atoms with Gasteiger partial charge in [-0.15, -0.1) is 0 Å². The Morgan fingerprint density at radius 2 is 1.86 bits per heavy atom. The zero-order valence-electron chi connectivity index (χ0n) is 11.3. The number of nitrogens with one attached hydrogen (secondary N) is 1. The molecule has 0 fully saturated rings. The molecule has 1 aromatic heterocycles. The summed E-state index contributed by atoms with van der Waals surface area (Å²) in [5.74, 6) is 0. The molecule has 0 radical (unpaired) electrons. The molecule has 1 heterocycles. The van der Waals surface area contributed by atoms with Crippen molar-refractivity contribution in [3.63, 3.8) is 0 Å². The molecule has 0 spiro atoms. The fourth-order valence-electron chi connectivity index (χ4n) is 1.94. The maximum Gasteiger partial charge on any atom is 0.337 e. The minimum atomic E-state index is -0.187. The van der Waals surface area contributed by atoms with Crippen LogP contribution >= 0.6 is 34.7 Å². The van der Waals surface area contributed by atoms with Crippen LogP contribution in [0.1, 0.15) is 5.56 Å². The number of hydrogen-bond acceptors (Lipinski definition) is 3. The Morgan fingerprint density at radius 3 is 2.59 bits per heavy atom. The summed E-state index contributed by atoms with van der Waals surface area (Å²) < 4.78 is 4.29. The van der Waals surface area contributed by atoms with E-state index in [4.69, 9.17) is 23.2 Å². The monoisotopic (exact) mass is 351 g/mol. The summed E-state index contributed by atoms with van der Waals surface area (Å²) in [6, 6.07) is 14.8. The van der Waals surface area contributed by atoms with Gasteiger partial charge in [0, 0.05) is 0 Å². The van der Waals surface area contributed by atoms with E-state index < -0.39 is 0 Å². The predicted octanol–water partition coefficient (Wildman–Crippen LogP) is 3.83. The fraction of sp³-hybridized carbons (Fsp3) is 0.0667. The molecule has 22 heavy (non-hydrogen) atoms. The maximum atomic E-state index is 12.0. The van der Waals surface area contributed by atoms with Gasteiger partial charge in [0.1, 0.15) is 0 Å². The van der Waals surface area contributed by atoms with Crippen LogP contribution in [0.4, 0.5) is 5.69 Å². The van der Waals surface area contributed by atoms with Crippen LogP contribution in [0.25, 0.3) is 0 Å². The molecule has 4 nitrogen and oxygen atoms in total. The first-order chi connectivity index (χ1) is 10.6. The van der Waals surface area contributed by atoms with Crippen molar-refractivity contribution in [2.24, 2.45) is 4.99 Å². The lowest BCUT2D eigenvalue weighted by Gasteiger charge is -2.01. The Bertz CT molecular complexity index is 912. The Hall–Kier alpha value is -1.82. The van der Waals surface area contributed by atoms with E-state index in [1.54, 1.807) is 22.8 Å². The number of H-pyrrole nitrogens is 1. The summed E-state index contributed by atoms with van der Waals surface area (Å²) >= 11 is 13.1. The molecule has 2 aromatic carbocycles. The highest BCUT2D eigenvalue weighted by Crippen LogP contribution is 2.26. The lowest BCUT2D eigenvalue weighted by Crippen LogP contribution is -2.26. The molecule has 0 aliphatic rings. The first-order valence-corrected chi connectivity index (χ1v) is 8.03. The van der Waals surface area contributed by atoms with Crippen LogP contribution in [-0.4, -0.2) is 8.94 Å². The molecule has 3 rings (SSSR count). The van der Waals surface area contributed by atoms with Crippen LogP contribution in [0.3, 0.4) is 0 Å². The van der Waals surface area contributed by atoms with Crippen LogP contribution < -0.4 is 10.5 Å². The third-order valence-electron chi connectivity index (χ3n) is 3.02. The SMILES string of the molecule is O=c1[nH]sc(=Nc2ccc(Cl)c(Cl)c2)n1Cc1ccccc1. The number of halogens is 2. The number of aromatic nitrogens is 2. The highest BCUT2D eigenvalue weighted by atomic mass is 35.5. The summed E-state index contributed by atoms with van der Waals surface area (Å²) in [5, 5.41) is 0.903. The third kappa shape index (κ3) is 3.32. The van der Waals surface area contributed by atoms with Crippen molar-refractivity contribution in [3.8, 4) is 0 Å². The van der Waals surface area contributed by atoms with Crippen molar-refractivity contribution < 1.29 is 0 Å². The summed E-state index contributed by atoms with van der Waals surface area (Å²) in [4.78, 5) is 17.0. The second-order valence-electron chi connectivity index (χ2n) is 4.57. The van der Waals surface area contributed by atoms with E-state index in [-0.39, 0.29) is 5.69 Å². The number of nitrogens with zero attached hydrogens (tertiary/aromatic N) is 2. The Morgan fingerprint density at radius 1 is 1.09 bits per heavy atom. The summed E-state index contributed by atoms with van der Waals surface area (Å²) in [6.45, 7) is 0.458. The van der Waals surface area contributed by atoms with Crippen molar-refractivity contribution in [2.45, 2.75) is 6.54 Å². The molecular weight excluding hydrogens is 341 g/mol. The van der Waals surface area contributed by atoms with Gasteiger partial charge in [0.15, 0.2) is 0 Å². The number of rotatable bonds is 3. The molecule has 0 aliphatic heterocycles. The minimum Gasteiger partial charge on any atom is -0.263 e. The first-order valence-electron chi connectivity index (χ1n) is 6.45. The molecule has 112 valence electrons. The van der Waals surface area contributed by atoms with E-state index in [9.17, 15) is 4.79 Å². The fourth-order valence-corrected chi connectivity index (χ4v) is 2.93. The van der Waals surface area contributed by atoms with Gasteiger partial charge in [0.05, 0.1) is 22.3 Å². The smallest absolute Gasteiger partial charge is 0.263 e. The lowest BCUT2D eigenvalue weighted by atomic mass is 10.2. The van der Waals surface area contributed by atoms with Crippen LogP contribution in [0, 0.1) is 0 Å². The first kappa shape index (κ1) is 15.1. The van der Waals surface area contributed by atoms with E-state index in [0.717, 1.165) is 5.56 Å². The normalized spacial score (nSPS) is 11.8. The van der Waals surface area contributed by atoms with Gasteiger partial charge < -0.3 is 0 Å². The molecule has 0 bridgehead atoms. The van der Waals surface area contributed by atoms with Crippen LogP contribution in [0.15, 0.2) is 58.3 Å². The van der Waals surface area contributed by atoms with Gasteiger partial charge in [-0.2, -0.15) is 0 Å². The molecule has 0 aliphatic carbocycles. The van der Waals surface area contributed by atoms with E-state index >= 15 is 0 Å². The number of hydrogen-bond donors (Lipinski definition) is 1. The molecule has 0 saturated carbocycles. The van der Waals surface area contributed by atoms with Crippen LogP contribution in [0.2, 0.25) is 10.0 Å². The standard InChI is InChI=1S/C15H11Cl2N3OS/c16-12-7-6-11(8-13(12)17)18-15-20(14(21)19-22-15)9-10-4-2-1-3-5-10/h1-8H,9H2,(H,19,21). The zero-order chi connectivity index (χ0) is 15.5. The van der Waals surface area contributed by atoms with Crippen LogP contribution in [-0.2, 0) is 6.54 Å².